The molecule has 1 aromatic rings. The smallest absolute Gasteiger partial charge is 0.240 e. The van der Waals surface area contributed by atoms with E-state index in [1.807, 2.05) is 0 Å². The van der Waals surface area contributed by atoms with Crippen LogP contribution in [0, 0.1) is 0 Å². The number of allylic oxidation sites excluding steroid dienone is 1. The maximum atomic E-state index is 12.4. The molecule has 1 aliphatic rings. The third-order valence-corrected chi connectivity index (χ3v) is 5.37. The minimum atomic E-state index is -3.63. The average molecular weight is 352 g/mol. The summed E-state index contributed by atoms with van der Waals surface area (Å²) in [7, 11) is -2.17. The second kappa shape index (κ2) is 8.30. The van der Waals surface area contributed by atoms with Gasteiger partial charge in [0.1, 0.15) is 5.75 Å². The number of sulfonamides is 1. The number of ether oxygens (including phenoxy) is 1. The van der Waals surface area contributed by atoms with Crippen molar-refractivity contribution in [2.75, 3.05) is 19.0 Å². The second-order valence-corrected chi connectivity index (χ2v) is 7.57. The van der Waals surface area contributed by atoms with Gasteiger partial charge in [-0.1, -0.05) is 11.6 Å². The molecule has 0 spiro atoms. The topological polar surface area (TPSA) is 84.5 Å². The number of amides is 1. The number of benzene rings is 1. The lowest BCUT2D eigenvalue weighted by molar-refractivity contribution is -0.114. The van der Waals surface area contributed by atoms with Crippen molar-refractivity contribution in [1.82, 2.24) is 4.72 Å². The zero-order chi connectivity index (χ0) is 17.6. The first-order valence-corrected chi connectivity index (χ1v) is 9.54. The molecule has 132 valence electrons. The van der Waals surface area contributed by atoms with E-state index in [0.29, 0.717) is 18.0 Å². The summed E-state index contributed by atoms with van der Waals surface area (Å²) in [4.78, 5) is 11.4. The molecule has 24 heavy (non-hydrogen) atoms. The van der Waals surface area contributed by atoms with Crippen LogP contribution in [0.25, 0.3) is 0 Å². The van der Waals surface area contributed by atoms with E-state index >= 15 is 0 Å². The molecule has 6 nitrogen and oxygen atoms in total. The number of hydrogen-bond donors (Lipinski definition) is 2. The Labute approximate surface area is 143 Å². The number of rotatable bonds is 7. The van der Waals surface area contributed by atoms with Crippen LogP contribution in [0.3, 0.4) is 0 Å². The molecular weight excluding hydrogens is 328 g/mol. The third kappa shape index (κ3) is 5.07. The van der Waals surface area contributed by atoms with Crippen molar-refractivity contribution >= 4 is 21.6 Å². The monoisotopic (exact) mass is 352 g/mol. The molecule has 0 bridgehead atoms. The predicted molar refractivity (Wildman–Crippen MR) is 93.7 cm³/mol. The fraction of sp³-hybridized carbons (Fsp3) is 0.471. The summed E-state index contributed by atoms with van der Waals surface area (Å²) in [6.07, 6.45) is 7.47. The van der Waals surface area contributed by atoms with E-state index in [4.69, 9.17) is 4.74 Å². The molecule has 0 atom stereocenters. The van der Waals surface area contributed by atoms with Crippen LogP contribution in [0.5, 0.6) is 5.75 Å². The van der Waals surface area contributed by atoms with E-state index in [2.05, 4.69) is 16.1 Å². The van der Waals surface area contributed by atoms with E-state index in [-0.39, 0.29) is 10.8 Å². The van der Waals surface area contributed by atoms with Crippen molar-refractivity contribution in [2.24, 2.45) is 0 Å². The average Bonchev–Trinajstić information content (AvgIpc) is 2.55. The van der Waals surface area contributed by atoms with Crippen molar-refractivity contribution in [2.45, 2.75) is 43.9 Å². The molecule has 0 aliphatic heterocycles. The van der Waals surface area contributed by atoms with Gasteiger partial charge in [-0.15, -0.1) is 0 Å². The molecular formula is C17H24N2O4S. The molecule has 1 aliphatic carbocycles. The highest BCUT2D eigenvalue weighted by molar-refractivity contribution is 7.89. The largest absolute Gasteiger partial charge is 0.495 e. The van der Waals surface area contributed by atoms with E-state index < -0.39 is 10.0 Å². The Morgan fingerprint density at radius 3 is 2.71 bits per heavy atom. The zero-order valence-electron chi connectivity index (χ0n) is 14.1. The van der Waals surface area contributed by atoms with Crippen LogP contribution >= 0.6 is 0 Å². The molecule has 2 N–H and O–H groups in total. The van der Waals surface area contributed by atoms with Gasteiger partial charge in [0.2, 0.25) is 15.9 Å². The molecule has 0 heterocycles. The minimum Gasteiger partial charge on any atom is -0.495 e. The Morgan fingerprint density at radius 2 is 2.08 bits per heavy atom. The normalized spacial score (nSPS) is 14.8. The van der Waals surface area contributed by atoms with Crippen molar-refractivity contribution in [3.8, 4) is 5.75 Å². The molecule has 0 aromatic heterocycles. The first-order valence-electron chi connectivity index (χ1n) is 8.05. The number of methoxy groups -OCH3 is 1. The standard InChI is InChI=1S/C17H24N2O4S/c1-13(20)19-16-12-15(8-9-17(16)23-2)24(21,22)18-11-10-14-6-4-3-5-7-14/h6,8-9,12,18H,3-5,7,10-11H2,1-2H3,(H,19,20). The summed E-state index contributed by atoms with van der Waals surface area (Å²) in [5.74, 6) is 0.122. The van der Waals surface area contributed by atoms with Gasteiger partial charge in [0.25, 0.3) is 0 Å². The number of carbonyl (C=O) groups is 1. The molecule has 1 aromatic carbocycles. The predicted octanol–water partition coefficient (Wildman–Crippen LogP) is 2.82. The van der Waals surface area contributed by atoms with Crippen LogP contribution in [0.15, 0.2) is 34.7 Å². The summed E-state index contributed by atoms with van der Waals surface area (Å²) < 4.78 is 32.6. The highest BCUT2D eigenvalue weighted by atomic mass is 32.2. The summed E-state index contributed by atoms with van der Waals surface area (Å²) in [6.45, 7) is 1.73. The summed E-state index contributed by atoms with van der Waals surface area (Å²) in [6, 6.07) is 4.40. The zero-order valence-corrected chi connectivity index (χ0v) is 14.9. The second-order valence-electron chi connectivity index (χ2n) is 5.80. The van der Waals surface area contributed by atoms with E-state index in [1.54, 1.807) is 0 Å². The summed E-state index contributed by atoms with van der Waals surface area (Å²) >= 11 is 0. The van der Waals surface area contributed by atoms with E-state index in [1.165, 1.54) is 50.6 Å². The molecule has 2 rings (SSSR count). The van der Waals surface area contributed by atoms with Gasteiger partial charge in [0, 0.05) is 13.5 Å². The molecule has 0 radical (unpaired) electrons. The van der Waals surface area contributed by atoms with Gasteiger partial charge in [-0.2, -0.15) is 0 Å². The van der Waals surface area contributed by atoms with Gasteiger partial charge in [-0.25, -0.2) is 13.1 Å². The number of hydrogen-bond acceptors (Lipinski definition) is 4. The molecule has 0 fully saturated rings. The third-order valence-electron chi connectivity index (χ3n) is 3.92. The molecule has 0 saturated carbocycles. The maximum absolute atomic E-state index is 12.4. The first-order chi connectivity index (χ1) is 11.4. The Bertz CT molecular complexity index is 726. The van der Waals surface area contributed by atoms with Gasteiger partial charge >= 0.3 is 0 Å². The maximum Gasteiger partial charge on any atom is 0.240 e. The lowest BCUT2D eigenvalue weighted by atomic mass is 9.97. The minimum absolute atomic E-state index is 0.102. The highest BCUT2D eigenvalue weighted by Gasteiger charge is 2.17. The lowest BCUT2D eigenvalue weighted by Crippen LogP contribution is -2.25. The SMILES string of the molecule is COc1ccc(S(=O)(=O)NCCC2=CCCCC2)cc1NC(C)=O. The fourth-order valence-electron chi connectivity index (χ4n) is 2.70. The number of nitrogens with one attached hydrogen (secondary N) is 2. The van der Waals surface area contributed by atoms with Crippen LogP contribution in [0.2, 0.25) is 0 Å². The lowest BCUT2D eigenvalue weighted by Gasteiger charge is -2.14. The van der Waals surface area contributed by atoms with Crippen LogP contribution < -0.4 is 14.8 Å². The van der Waals surface area contributed by atoms with Gasteiger partial charge < -0.3 is 10.1 Å². The first kappa shape index (κ1) is 18.5. The number of carbonyl (C=O) groups excluding carboxylic acids is 1. The molecule has 7 heteroatoms. The molecule has 1 amide bonds. The van der Waals surface area contributed by atoms with Crippen LogP contribution in [-0.4, -0.2) is 28.0 Å². The quantitative estimate of drug-likeness (QED) is 0.739. The summed E-state index contributed by atoms with van der Waals surface area (Å²) in [5.41, 5.74) is 1.65. The van der Waals surface area contributed by atoms with Crippen LogP contribution in [0.1, 0.15) is 39.0 Å². The highest BCUT2D eigenvalue weighted by Crippen LogP contribution is 2.27. The van der Waals surface area contributed by atoms with E-state index in [9.17, 15) is 13.2 Å². The van der Waals surface area contributed by atoms with Crippen LogP contribution in [-0.2, 0) is 14.8 Å². The van der Waals surface area contributed by atoms with Crippen molar-refractivity contribution in [3.05, 3.63) is 29.8 Å². The van der Waals surface area contributed by atoms with Crippen molar-refractivity contribution in [1.29, 1.82) is 0 Å². The van der Waals surface area contributed by atoms with Gasteiger partial charge in [-0.05, 0) is 50.3 Å². The van der Waals surface area contributed by atoms with Gasteiger partial charge in [-0.3, -0.25) is 4.79 Å². The Kier molecular flexibility index (Phi) is 6.39. The Balaban J connectivity index is 2.07. The fourth-order valence-corrected chi connectivity index (χ4v) is 3.76. The van der Waals surface area contributed by atoms with Gasteiger partial charge in [0.15, 0.2) is 0 Å². The van der Waals surface area contributed by atoms with Crippen molar-refractivity contribution < 1.29 is 17.9 Å². The Hall–Kier alpha value is -1.86. The number of anilines is 1. The molecule has 0 saturated heterocycles. The van der Waals surface area contributed by atoms with Crippen molar-refractivity contribution in [3.63, 3.8) is 0 Å². The van der Waals surface area contributed by atoms with E-state index in [0.717, 1.165) is 19.3 Å². The Morgan fingerprint density at radius 1 is 1.29 bits per heavy atom. The van der Waals surface area contributed by atoms with Crippen LogP contribution in [0.4, 0.5) is 5.69 Å². The summed E-state index contributed by atoms with van der Waals surface area (Å²) in [5, 5.41) is 2.58. The van der Waals surface area contributed by atoms with Gasteiger partial charge in [0.05, 0.1) is 17.7 Å². The molecule has 0 unspecified atom stereocenters.